The number of nitrogens with zero attached hydrogens (tertiary/aromatic N) is 4. The van der Waals surface area contributed by atoms with Crippen LogP contribution in [0.15, 0.2) is 60.9 Å². The number of aromatic nitrogens is 4. The number of carbonyl (C=O) groups excluding carboxylic acids is 1. The van der Waals surface area contributed by atoms with E-state index in [2.05, 4.69) is 48.9 Å². The monoisotopic (exact) mass is 475 g/mol. The average Bonchev–Trinajstić information content (AvgIpc) is 3.43. The summed E-state index contributed by atoms with van der Waals surface area (Å²) >= 11 is 0. The van der Waals surface area contributed by atoms with E-state index in [1.165, 1.54) is 5.56 Å². The fraction of sp³-hybridized carbons (Fsp3) is 0.346. The summed E-state index contributed by atoms with van der Waals surface area (Å²) in [5.41, 5.74) is 9.81. The van der Waals surface area contributed by atoms with Gasteiger partial charge in [0.05, 0.1) is 17.8 Å². The summed E-state index contributed by atoms with van der Waals surface area (Å²) in [5.74, 6) is -0.554. The summed E-state index contributed by atoms with van der Waals surface area (Å²) in [6.45, 7) is 10.1. The molecular weight excluding hydrogens is 442 g/mol. The van der Waals surface area contributed by atoms with Crippen LogP contribution in [0.5, 0.6) is 0 Å². The molecule has 2 aromatic heterocycles. The van der Waals surface area contributed by atoms with Crippen LogP contribution < -0.4 is 5.73 Å². The van der Waals surface area contributed by atoms with Crippen molar-refractivity contribution in [2.75, 3.05) is 6.61 Å². The molecule has 2 heterocycles. The predicted molar refractivity (Wildman–Crippen MR) is 138 cm³/mol. The van der Waals surface area contributed by atoms with Crippen molar-refractivity contribution < 1.29 is 9.53 Å². The molecule has 2 N–H and O–H groups in total. The fourth-order valence-electron chi connectivity index (χ4n) is 4.17. The van der Waals surface area contributed by atoms with E-state index in [0.717, 1.165) is 34.5 Å². The van der Waals surface area contributed by atoms with Crippen LogP contribution in [0, 0.1) is 0 Å². The number of hydrogen-bond acceptors (Lipinski definition) is 4. The van der Waals surface area contributed by atoms with E-state index in [4.69, 9.17) is 10.5 Å². The minimum atomic E-state index is -1.19. The van der Waals surface area contributed by atoms with Crippen LogP contribution in [0.25, 0.3) is 22.0 Å². The zero-order valence-electron chi connectivity index (χ0n) is 20.4. The topological polar surface area (TPSA) is 88.0 Å². The summed E-state index contributed by atoms with van der Waals surface area (Å²) in [5, 5.41) is 9.91. The van der Waals surface area contributed by atoms with Gasteiger partial charge in [0, 0.05) is 31.8 Å². The highest BCUT2D eigenvalue weighted by Gasteiger charge is 2.21. The smallest absolute Gasteiger partial charge is 0.269 e. The van der Waals surface area contributed by atoms with E-state index >= 15 is 0 Å². The standard InChI is InChI=1S/C26H33N5O2Si/c1-5-22(19-10-7-6-8-11-19)30-17-20(16-28-30)21-12-9-13-23-24(21)25(26(27)32)29-31(23)18-33-14-15-34(2,3)4/h6-13,16-17,22H,5,14-15,18H2,1-4H3,(H2,27,32). The third-order valence-corrected chi connectivity index (χ3v) is 7.73. The van der Waals surface area contributed by atoms with Crippen molar-refractivity contribution in [3.8, 4) is 11.1 Å². The van der Waals surface area contributed by atoms with Gasteiger partial charge in [-0.05, 0) is 29.7 Å². The molecule has 0 aliphatic carbocycles. The van der Waals surface area contributed by atoms with Gasteiger partial charge >= 0.3 is 0 Å². The summed E-state index contributed by atoms with van der Waals surface area (Å²) in [4.78, 5) is 12.3. The first kappa shape index (κ1) is 23.9. The molecule has 178 valence electrons. The van der Waals surface area contributed by atoms with E-state index < -0.39 is 14.0 Å². The van der Waals surface area contributed by atoms with E-state index in [1.807, 2.05) is 53.5 Å². The average molecular weight is 476 g/mol. The van der Waals surface area contributed by atoms with Crippen LogP contribution in [0.3, 0.4) is 0 Å². The molecule has 2 aromatic carbocycles. The van der Waals surface area contributed by atoms with Gasteiger partial charge in [0.2, 0.25) is 0 Å². The predicted octanol–water partition coefficient (Wildman–Crippen LogP) is 5.31. The van der Waals surface area contributed by atoms with E-state index in [-0.39, 0.29) is 18.5 Å². The van der Waals surface area contributed by atoms with Gasteiger partial charge in [-0.25, -0.2) is 4.68 Å². The van der Waals surface area contributed by atoms with Crippen molar-refractivity contribution >= 4 is 24.9 Å². The van der Waals surface area contributed by atoms with Crippen molar-refractivity contribution in [3.63, 3.8) is 0 Å². The van der Waals surface area contributed by atoms with Gasteiger partial charge in [-0.3, -0.25) is 9.48 Å². The number of rotatable bonds is 10. The SMILES string of the molecule is CCC(c1ccccc1)n1cc(-c2cccc3c2c(C(N)=O)nn3COCC[Si](C)(C)C)cn1. The Morgan fingerprint density at radius 1 is 1.12 bits per heavy atom. The normalized spacial score (nSPS) is 12.8. The molecule has 0 aliphatic heterocycles. The second-order valence-electron chi connectivity index (χ2n) is 9.80. The van der Waals surface area contributed by atoms with E-state index in [0.29, 0.717) is 6.61 Å². The zero-order valence-corrected chi connectivity index (χ0v) is 21.4. The number of hydrogen-bond donors (Lipinski definition) is 1. The number of fused-ring (bicyclic) bond motifs is 1. The summed E-state index contributed by atoms with van der Waals surface area (Å²) in [6.07, 6.45) is 4.78. The zero-order chi connectivity index (χ0) is 24.3. The molecule has 34 heavy (non-hydrogen) atoms. The molecule has 7 nitrogen and oxygen atoms in total. The van der Waals surface area contributed by atoms with Gasteiger partial charge in [0.25, 0.3) is 5.91 Å². The molecule has 0 spiro atoms. The molecule has 1 amide bonds. The molecule has 0 aliphatic rings. The summed E-state index contributed by atoms with van der Waals surface area (Å²) in [6, 6.07) is 17.4. The Hall–Kier alpha value is -3.23. The molecule has 1 unspecified atom stereocenters. The molecule has 1 atom stereocenters. The lowest BCUT2D eigenvalue weighted by Gasteiger charge is -2.16. The second kappa shape index (κ2) is 9.95. The molecule has 0 saturated heterocycles. The number of nitrogens with two attached hydrogens (primary N) is 1. The Morgan fingerprint density at radius 3 is 2.56 bits per heavy atom. The Balaban J connectivity index is 1.69. The molecule has 0 saturated carbocycles. The number of carbonyl (C=O) groups is 1. The molecule has 4 rings (SSSR count). The second-order valence-corrected chi connectivity index (χ2v) is 15.4. The van der Waals surface area contributed by atoms with Gasteiger partial charge in [0.15, 0.2) is 5.69 Å². The van der Waals surface area contributed by atoms with Crippen LogP contribution >= 0.6 is 0 Å². The summed E-state index contributed by atoms with van der Waals surface area (Å²) in [7, 11) is -1.19. The number of amides is 1. The maximum absolute atomic E-state index is 12.3. The molecular formula is C26H33N5O2Si. The van der Waals surface area contributed by atoms with Gasteiger partial charge in [-0.15, -0.1) is 0 Å². The van der Waals surface area contributed by atoms with Crippen LogP contribution in [-0.4, -0.2) is 40.1 Å². The van der Waals surface area contributed by atoms with Crippen LogP contribution in [-0.2, 0) is 11.5 Å². The van der Waals surface area contributed by atoms with Crippen molar-refractivity contribution in [2.24, 2.45) is 5.73 Å². The number of primary amides is 1. The van der Waals surface area contributed by atoms with Gasteiger partial charge in [-0.1, -0.05) is 69.0 Å². The Kier molecular flexibility index (Phi) is 6.99. The van der Waals surface area contributed by atoms with E-state index in [1.54, 1.807) is 4.68 Å². The molecule has 4 aromatic rings. The molecule has 0 bridgehead atoms. The van der Waals surface area contributed by atoms with Crippen LogP contribution in [0.4, 0.5) is 0 Å². The highest BCUT2D eigenvalue weighted by Crippen LogP contribution is 2.32. The van der Waals surface area contributed by atoms with Crippen LogP contribution in [0.2, 0.25) is 25.7 Å². The van der Waals surface area contributed by atoms with Crippen molar-refractivity contribution in [1.82, 2.24) is 19.6 Å². The largest absolute Gasteiger partial charge is 0.364 e. The first-order valence-electron chi connectivity index (χ1n) is 11.7. The minimum absolute atomic E-state index is 0.132. The number of benzene rings is 2. The van der Waals surface area contributed by atoms with Crippen molar-refractivity contribution in [2.45, 2.75) is 51.8 Å². The maximum Gasteiger partial charge on any atom is 0.269 e. The molecule has 0 radical (unpaired) electrons. The van der Waals surface area contributed by atoms with Crippen molar-refractivity contribution in [1.29, 1.82) is 0 Å². The van der Waals surface area contributed by atoms with Gasteiger partial charge in [-0.2, -0.15) is 10.2 Å². The Morgan fingerprint density at radius 2 is 1.88 bits per heavy atom. The minimum Gasteiger partial charge on any atom is -0.364 e. The lowest BCUT2D eigenvalue weighted by Crippen LogP contribution is -2.22. The van der Waals surface area contributed by atoms with Gasteiger partial charge in [0.1, 0.15) is 6.73 Å². The highest BCUT2D eigenvalue weighted by atomic mass is 28.3. The molecule has 0 fully saturated rings. The third-order valence-electron chi connectivity index (χ3n) is 6.02. The maximum atomic E-state index is 12.3. The highest BCUT2D eigenvalue weighted by molar-refractivity contribution is 6.76. The molecule has 8 heteroatoms. The Bertz CT molecular complexity index is 1270. The lowest BCUT2D eigenvalue weighted by atomic mass is 10.0. The van der Waals surface area contributed by atoms with Gasteiger partial charge < -0.3 is 10.5 Å². The first-order valence-corrected chi connectivity index (χ1v) is 15.5. The Labute approximate surface area is 201 Å². The van der Waals surface area contributed by atoms with Crippen molar-refractivity contribution in [3.05, 3.63) is 72.2 Å². The first-order chi connectivity index (χ1) is 16.3. The lowest BCUT2D eigenvalue weighted by molar-refractivity contribution is 0.0808. The fourth-order valence-corrected chi connectivity index (χ4v) is 4.92. The van der Waals surface area contributed by atoms with Crippen LogP contribution in [0.1, 0.15) is 35.4 Å². The quantitative estimate of drug-likeness (QED) is 0.249. The number of ether oxygens (including phenoxy) is 1. The summed E-state index contributed by atoms with van der Waals surface area (Å²) < 4.78 is 9.62. The van der Waals surface area contributed by atoms with E-state index in [9.17, 15) is 4.79 Å². The third kappa shape index (κ3) is 5.13.